The fourth-order valence-electron chi connectivity index (χ4n) is 3.11. The summed E-state index contributed by atoms with van der Waals surface area (Å²) in [5.74, 6) is -2.20. The molecule has 0 fully saturated rings. The largest absolute Gasteiger partial charge is 0.465 e. The van der Waals surface area contributed by atoms with E-state index < -0.39 is 30.2 Å². The molecule has 160 valence electrons. The summed E-state index contributed by atoms with van der Waals surface area (Å²) in [6, 6.07) is 16.1. The molecule has 0 radical (unpaired) electrons. The van der Waals surface area contributed by atoms with E-state index in [1.807, 2.05) is 30.3 Å². The Kier molecular flexibility index (Phi) is 6.94. The average Bonchev–Trinajstić information content (AvgIpc) is 2.75. The van der Waals surface area contributed by atoms with Crippen LogP contribution >= 0.6 is 0 Å². The Balaban J connectivity index is 1.72. The molecule has 3 rings (SSSR count). The number of amides is 2. The number of carbonyl (C=O) groups excluding carboxylic acids is 1. The predicted molar refractivity (Wildman–Crippen MR) is 113 cm³/mol. The summed E-state index contributed by atoms with van der Waals surface area (Å²) in [6.07, 6.45) is -0.982. The minimum atomic E-state index is -1.21. The molecule has 6 nitrogen and oxygen atoms in total. The topological polar surface area (TPSA) is 98.7 Å². The highest BCUT2D eigenvalue weighted by atomic mass is 19.1. The first-order chi connectivity index (χ1) is 14.9. The van der Waals surface area contributed by atoms with Gasteiger partial charge in [0.2, 0.25) is 5.91 Å². The number of carboxylic acid groups (broad SMARTS) is 1. The van der Waals surface area contributed by atoms with Gasteiger partial charge in [-0.25, -0.2) is 13.6 Å². The zero-order valence-corrected chi connectivity index (χ0v) is 16.4. The second kappa shape index (κ2) is 9.82. The van der Waals surface area contributed by atoms with Crippen LogP contribution in [0.1, 0.15) is 17.5 Å². The molecule has 0 spiro atoms. The predicted octanol–water partition coefficient (Wildman–Crippen LogP) is 4.79. The molecule has 0 aliphatic carbocycles. The van der Waals surface area contributed by atoms with Crippen molar-refractivity contribution in [1.29, 1.82) is 0 Å². The molecule has 0 aliphatic heterocycles. The van der Waals surface area contributed by atoms with Gasteiger partial charge in [-0.2, -0.15) is 0 Å². The van der Waals surface area contributed by atoms with Gasteiger partial charge in [-0.15, -0.1) is 0 Å². The van der Waals surface area contributed by atoms with Crippen LogP contribution in [-0.2, 0) is 17.8 Å². The van der Waals surface area contributed by atoms with E-state index in [1.54, 1.807) is 18.2 Å². The quantitative estimate of drug-likeness (QED) is 0.437. The van der Waals surface area contributed by atoms with Gasteiger partial charge in [0.05, 0.1) is 18.0 Å². The van der Waals surface area contributed by atoms with Crippen LogP contribution in [0.25, 0.3) is 11.1 Å². The van der Waals surface area contributed by atoms with Crippen LogP contribution < -0.4 is 10.6 Å². The number of aliphatic hydroxyl groups is 1. The van der Waals surface area contributed by atoms with Crippen LogP contribution in [0.2, 0.25) is 0 Å². The molecular weight excluding hydrogens is 406 g/mol. The van der Waals surface area contributed by atoms with E-state index in [0.29, 0.717) is 16.8 Å². The molecule has 0 heterocycles. The third kappa shape index (κ3) is 5.64. The number of aliphatic hydroxyl groups excluding tert-OH is 1. The summed E-state index contributed by atoms with van der Waals surface area (Å²) in [5.41, 5.74) is 2.09. The molecule has 3 aromatic carbocycles. The smallest absolute Gasteiger partial charge is 0.409 e. The van der Waals surface area contributed by atoms with Crippen molar-refractivity contribution in [1.82, 2.24) is 0 Å². The normalized spacial score (nSPS) is 10.5. The molecule has 0 unspecified atom stereocenters. The van der Waals surface area contributed by atoms with Gasteiger partial charge in [-0.1, -0.05) is 42.5 Å². The highest BCUT2D eigenvalue weighted by molar-refractivity contribution is 5.92. The lowest BCUT2D eigenvalue weighted by Gasteiger charge is -2.12. The van der Waals surface area contributed by atoms with E-state index in [1.165, 1.54) is 0 Å². The molecule has 3 aromatic rings. The zero-order chi connectivity index (χ0) is 22.4. The molecule has 2 amide bonds. The van der Waals surface area contributed by atoms with Gasteiger partial charge in [0.25, 0.3) is 0 Å². The second-order valence-electron chi connectivity index (χ2n) is 6.81. The second-order valence-corrected chi connectivity index (χ2v) is 6.81. The van der Waals surface area contributed by atoms with Crippen LogP contribution in [0, 0.1) is 11.6 Å². The monoisotopic (exact) mass is 426 g/mol. The highest BCUT2D eigenvalue weighted by Crippen LogP contribution is 2.29. The lowest BCUT2D eigenvalue weighted by Crippen LogP contribution is -2.14. The van der Waals surface area contributed by atoms with Gasteiger partial charge < -0.3 is 15.5 Å². The molecule has 31 heavy (non-hydrogen) atoms. The van der Waals surface area contributed by atoms with Crippen LogP contribution in [-0.4, -0.2) is 22.2 Å². The van der Waals surface area contributed by atoms with Gasteiger partial charge in [-0.05, 0) is 29.7 Å². The van der Waals surface area contributed by atoms with Gasteiger partial charge in [0, 0.05) is 23.6 Å². The van der Waals surface area contributed by atoms with Gasteiger partial charge in [0.1, 0.15) is 11.6 Å². The molecule has 0 atom stereocenters. The van der Waals surface area contributed by atoms with Crippen LogP contribution in [0.3, 0.4) is 0 Å². The first-order valence-electron chi connectivity index (χ1n) is 9.44. The number of benzene rings is 3. The van der Waals surface area contributed by atoms with E-state index in [2.05, 4.69) is 10.6 Å². The molecule has 0 aromatic heterocycles. The molecule has 0 aliphatic rings. The lowest BCUT2D eigenvalue weighted by atomic mass is 9.99. The lowest BCUT2D eigenvalue weighted by molar-refractivity contribution is -0.116. The van der Waals surface area contributed by atoms with Crippen LogP contribution in [0.5, 0.6) is 0 Å². The van der Waals surface area contributed by atoms with Crippen molar-refractivity contribution in [3.05, 3.63) is 83.4 Å². The van der Waals surface area contributed by atoms with E-state index in [-0.39, 0.29) is 24.1 Å². The standard InChI is InChI=1S/C23H20F2N2O4/c24-18-12-21(19(25)11-16(18)13-28)26-22(29)9-7-14-6-8-17(15-4-2-1-3-5-15)20(10-14)27-23(30)31/h1-6,8,10-12,27-28H,7,9,13H2,(H,26,29)(H,30,31). The fraction of sp³-hybridized carbons (Fsp3) is 0.130. The SMILES string of the molecule is O=C(O)Nc1cc(CCC(=O)Nc2cc(F)c(CO)cc2F)ccc1-c1ccccc1. The molecule has 0 saturated carbocycles. The molecule has 0 bridgehead atoms. The number of nitrogens with one attached hydrogen (secondary N) is 2. The Labute approximate surface area is 177 Å². The Morgan fingerprint density at radius 1 is 0.871 bits per heavy atom. The Bertz CT molecular complexity index is 1100. The summed E-state index contributed by atoms with van der Waals surface area (Å²) in [5, 5.41) is 22.8. The Morgan fingerprint density at radius 3 is 2.29 bits per heavy atom. The van der Waals surface area contributed by atoms with Crippen molar-refractivity contribution in [3.63, 3.8) is 0 Å². The number of aryl methyl sites for hydroxylation is 1. The van der Waals surface area contributed by atoms with Gasteiger partial charge in [-0.3, -0.25) is 10.1 Å². The minimum Gasteiger partial charge on any atom is -0.465 e. The summed E-state index contributed by atoms with van der Waals surface area (Å²) < 4.78 is 27.7. The van der Waals surface area contributed by atoms with E-state index in [4.69, 9.17) is 10.2 Å². The maximum Gasteiger partial charge on any atom is 0.409 e. The number of hydrogen-bond acceptors (Lipinski definition) is 3. The van der Waals surface area contributed by atoms with Crippen molar-refractivity contribution in [3.8, 4) is 11.1 Å². The number of anilines is 2. The Hall–Kier alpha value is -3.78. The summed E-state index contributed by atoms with van der Waals surface area (Å²) >= 11 is 0. The molecular formula is C23H20F2N2O4. The van der Waals surface area contributed by atoms with E-state index in [9.17, 15) is 18.4 Å². The fourth-order valence-corrected chi connectivity index (χ4v) is 3.11. The first-order valence-corrected chi connectivity index (χ1v) is 9.44. The summed E-state index contributed by atoms with van der Waals surface area (Å²) in [6.45, 7) is -0.650. The van der Waals surface area contributed by atoms with Crippen molar-refractivity contribution in [2.45, 2.75) is 19.4 Å². The van der Waals surface area contributed by atoms with Crippen molar-refractivity contribution < 1.29 is 28.6 Å². The number of halogens is 2. The molecule has 0 saturated heterocycles. The summed E-state index contributed by atoms with van der Waals surface area (Å²) in [4.78, 5) is 23.4. The number of hydrogen-bond donors (Lipinski definition) is 4. The maximum absolute atomic E-state index is 14.0. The number of carbonyl (C=O) groups is 2. The van der Waals surface area contributed by atoms with Gasteiger partial charge in [0.15, 0.2) is 0 Å². The van der Waals surface area contributed by atoms with E-state index >= 15 is 0 Å². The summed E-state index contributed by atoms with van der Waals surface area (Å²) in [7, 11) is 0. The Morgan fingerprint density at radius 2 is 1.61 bits per heavy atom. The van der Waals surface area contributed by atoms with Crippen molar-refractivity contribution in [2.24, 2.45) is 0 Å². The maximum atomic E-state index is 14.0. The zero-order valence-electron chi connectivity index (χ0n) is 16.4. The van der Waals surface area contributed by atoms with Crippen LogP contribution in [0.15, 0.2) is 60.7 Å². The highest BCUT2D eigenvalue weighted by Gasteiger charge is 2.13. The third-order valence-electron chi connectivity index (χ3n) is 4.63. The molecule has 4 N–H and O–H groups in total. The number of rotatable bonds is 7. The minimum absolute atomic E-state index is 0.0278. The van der Waals surface area contributed by atoms with Crippen molar-refractivity contribution in [2.75, 3.05) is 10.6 Å². The first kappa shape index (κ1) is 21.9. The third-order valence-corrected chi connectivity index (χ3v) is 4.63. The average molecular weight is 426 g/mol. The van der Waals surface area contributed by atoms with E-state index in [0.717, 1.165) is 17.7 Å². The molecule has 8 heteroatoms. The van der Waals surface area contributed by atoms with Crippen molar-refractivity contribution >= 4 is 23.4 Å². The van der Waals surface area contributed by atoms with Crippen LogP contribution in [0.4, 0.5) is 25.0 Å². The van der Waals surface area contributed by atoms with Gasteiger partial charge >= 0.3 is 6.09 Å².